The molecule has 2 saturated heterocycles. The molecule has 1 amide bonds. The quantitative estimate of drug-likeness (QED) is 0.915. The zero-order valence-corrected chi connectivity index (χ0v) is 14.0. The second-order valence-corrected chi connectivity index (χ2v) is 6.66. The molecular formula is C18H27N3O2. The van der Waals surface area contributed by atoms with Gasteiger partial charge in [-0.25, -0.2) is 0 Å². The molecule has 2 aliphatic rings. The normalized spacial score (nSPS) is 21.3. The molecule has 2 fully saturated rings. The smallest absolute Gasteiger partial charge is 0.230 e. The number of carbonyl (C=O) groups excluding carboxylic acids is 1. The summed E-state index contributed by atoms with van der Waals surface area (Å²) in [5.41, 5.74) is 8.14. The number of piperazine rings is 1. The number of carbonyl (C=O) groups is 1. The Hall–Kier alpha value is -1.59. The largest absolute Gasteiger partial charge is 0.381 e. The first-order valence-corrected chi connectivity index (χ1v) is 8.54. The summed E-state index contributed by atoms with van der Waals surface area (Å²) in [6.45, 7) is 7.16. The summed E-state index contributed by atoms with van der Waals surface area (Å²) >= 11 is 0. The van der Waals surface area contributed by atoms with Crippen LogP contribution in [0.2, 0.25) is 0 Å². The van der Waals surface area contributed by atoms with Gasteiger partial charge in [0.25, 0.3) is 0 Å². The first-order chi connectivity index (χ1) is 11.2. The number of para-hydroxylation sites is 1. The van der Waals surface area contributed by atoms with Crippen molar-refractivity contribution >= 4 is 11.6 Å². The second-order valence-electron chi connectivity index (χ2n) is 6.66. The van der Waals surface area contributed by atoms with Crippen LogP contribution < -0.4 is 10.6 Å². The molecule has 0 aliphatic carbocycles. The van der Waals surface area contributed by atoms with E-state index in [0.29, 0.717) is 19.8 Å². The molecule has 0 saturated carbocycles. The van der Waals surface area contributed by atoms with Gasteiger partial charge in [0.15, 0.2) is 0 Å². The Bertz CT molecular complexity index is 547. The minimum absolute atomic E-state index is 0.229. The van der Waals surface area contributed by atoms with E-state index in [1.54, 1.807) is 0 Å². The van der Waals surface area contributed by atoms with Gasteiger partial charge in [0.1, 0.15) is 0 Å². The summed E-state index contributed by atoms with van der Waals surface area (Å²) in [4.78, 5) is 17.4. The van der Waals surface area contributed by atoms with E-state index < -0.39 is 5.41 Å². The van der Waals surface area contributed by atoms with Gasteiger partial charge in [-0.2, -0.15) is 0 Å². The fraction of sp³-hybridized carbons (Fsp3) is 0.611. The second kappa shape index (κ2) is 6.89. The van der Waals surface area contributed by atoms with Gasteiger partial charge in [0.05, 0.1) is 5.41 Å². The van der Waals surface area contributed by atoms with Crippen molar-refractivity contribution in [2.45, 2.75) is 19.8 Å². The van der Waals surface area contributed by atoms with E-state index in [1.165, 1.54) is 11.3 Å². The number of benzene rings is 1. The van der Waals surface area contributed by atoms with Crippen LogP contribution in [0.15, 0.2) is 24.3 Å². The number of hydrogen-bond donors (Lipinski definition) is 1. The maximum absolute atomic E-state index is 13.0. The molecule has 0 spiro atoms. The molecule has 2 aliphatic heterocycles. The lowest BCUT2D eigenvalue weighted by atomic mass is 9.78. The van der Waals surface area contributed by atoms with Crippen LogP contribution in [0.3, 0.4) is 0 Å². The molecule has 5 nitrogen and oxygen atoms in total. The molecule has 1 aromatic carbocycles. The van der Waals surface area contributed by atoms with Gasteiger partial charge in [0.2, 0.25) is 5.91 Å². The number of nitrogens with two attached hydrogens (primary N) is 1. The third-order valence-corrected chi connectivity index (χ3v) is 5.32. The highest BCUT2D eigenvalue weighted by Crippen LogP contribution is 2.32. The molecule has 1 aromatic rings. The highest BCUT2D eigenvalue weighted by atomic mass is 16.5. The van der Waals surface area contributed by atoms with Gasteiger partial charge in [-0.1, -0.05) is 18.2 Å². The van der Waals surface area contributed by atoms with Gasteiger partial charge in [-0.05, 0) is 31.4 Å². The molecule has 0 radical (unpaired) electrons. The Labute approximate surface area is 138 Å². The van der Waals surface area contributed by atoms with E-state index in [9.17, 15) is 4.79 Å². The van der Waals surface area contributed by atoms with Crippen molar-refractivity contribution in [1.29, 1.82) is 0 Å². The molecule has 2 heterocycles. The molecule has 23 heavy (non-hydrogen) atoms. The molecule has 5 heteroatoms. The minimum Gasteiger partial charge on any atom is -0.381 e. The maximum atomic E-state index is 13.0. The van der Waals surface area contributed by atoms with Crippen LogP contribution in [0.5, 0.6) is 0 Å². The van der Waals surface area contributed by atoms with Crippen LogP contribution in [0.4, 0.5) is 5.69 Å². The van der Waals surface area contributed by atoms with Crippen LogP contribution in [-0.2, 0) is 9.53 Å². The first kappa shape index (κ1) is 16.3. The molecule has 126 valence electrons. The van der Waals surface area contributed by atoms with Crippen molar-refractivity contribution < 1.29 is 9.53 Å². The van der Waals surface area contributed by atoms with Crippen LogP contribution in [-0.4, -0.2) is 56.7 Å². The Kier molecular flexibility index (Phi) is 4.87. The minimum atomic E-state index is -0.400. The van der Waals surface area contributed by atoms with Gasteiger partial charge < -0.3 is 20.3 Å². The highest BCUT2D eigenvalue weighted by Gasteiger charge is 2.42. The summed E-state index contributed by atoms with van der Waals surface area (Å²) < 4.78 is 5.42. The Morgan fingerprint density at radius 3 is 2.43 bits per heavy atom. The summed E-state index contributed by atoms with van der Waals surface area (Å²) in [7, 11) is 0. The van der Waals surface area contributed by atoms with Crippen molar-refractivity contribution in [2.24, 2.45) is 11.1 Å². The summed E-state index contributed by atoms with van der Waals surface area (Å²) in [5.74, 6) is 0.229. The average Bonchev–Trinajstić information content (AvgIpc) is 2.62. The number of nitrogens with zero attached hydrogens (tertiary/aromatic N) is 2. The maximum Gasteiger partial charge on any atom is 0.230 e. The average molecular weight is 317 g/mol. The van der Waals surface area contributed by atoms with E-state index >= 15 is 0 Å². The third kappa shape index (κ3) is 3.21. The van der Waals surface area contributed by atoms with Gasteiger partial charge in [-0.15, -0.1) is 0 Å². The number of hydrogen-bond acceptors (Lipinski definition) is 4. The van der Waals surface area contributed by atoms with Crippen LogP contribution in [0.1, 0.15) is 18.4 Å². The monoisotopic (exact) mass is 317 g/mol. The van der Waals surface area contributed by atoms with E-state index in [4.69, 9.17) is 10.5 Å². The Balaban J connectivity index is 1.64. The summed E-state index contributed by atoms with van der Waals surface area (Å²) in [6.07, 6.45) is 1.50. The lowest BCUT2D eigenvalue weighted by Crippen LogP contribution is -2.56. The fourth-order valence-electron chi connectivity index (χ4n) is 3.67. The Morgan fingerprint density at radius 2 is 1.83 bits per heavy atom. The molecule has 0 atom stereocenters. The lowest BCUT2D eigenvalue weighted by molar-refractivity contribution is -0.147. The van der Waals surface area contributed by atoms with Crippen molar-refractivity contribution in [1.82, 2.24) is 4.90 Å². The van der Waals surface area contributed by atoms with Gasteiger partial charge in [0, 0.05) is 51.6 Å². The molecule has 2 N–H and O–H groups in total. The van der Waals surface area contributed by atoms with E-state index in [-0.39, 0.29) is 5.91 Å². The summed E-state index contributed by atoms with van der Waals surface area (Å²) in [5, 5.41) is 0. The number of rotatable bonds is 3. The zero-order valence-electron chi connectivity index (χ0n) is 14.0. The van der Waals surface area contributed by atoms with E-state index in [2.05, 4.69) is 36.1 Å². The zero-order chi connectivity index (χ0) is 16.3. The third-order valence-electron chi connectivity index (χ3n) is 5.32. The Morgan fingerprint density at radius 1 is 1.17 bits per heavy atom. The van der Waals surface area contributed by atoms with Crippen LogP contribution in [0, 0.1) is 12.3 Å². The predicted octanol–water partition coefficient (Wildman–Crippen LogP) is 1.40. The number of aryl methyl sites for hydroxylation is 1. The van der Waals surface area contributed by atoms with Gasteiger partial charge >= 0.3 is 0 Å². The molecular weight excluding hydrogens is 290 g/mol. The van der Waals surface area contributed by atoms with E-state index in [0.717, 1.165) is 39.0 Å². The predicted molar refractivity (Wildman–Crippen MR) is 91.5 cm³/mol. The standard InChI is InChI=1S/C18H27N3O2/c1-15-4-2-3-5-16(15)20-8-10-21(11-9-20)17(22)18(14-19)6-12-23-13-7-18/h2-5H,6-14,19H2,1H3. The number of ether oxygens (including phenoxy) is 1. The molecule has 0 unspecified atom stereocenters. The van der Waals surface area contributed by atoms with Crippen molar-refractivity contribution in [3.05, 3.63) is 29.8 Å². The fourth-order valence-corrected chi connectivity index (χ4v) is 3.67. The molecule has 0 bridgehead atoms. The highest BCUT2D eigenvalue weighted by molar-refractivity contribution is 5.83. The SMILES string of the molecule is Cc1ccccc1N1CCN(C(=O)C2(CN)CCOCC2)CC1. The number of anilines is 1. The van der Waals surface area contributed by atoms with Gasteiger partial charge in [-0.3, -0.25) is 4.79 Å². The van der Waals surface area contributed by atoms with Crippen molar-refractivity contribution in [3.63, 3.8) is 0 Å². The van der Waals surface area contributed by atoms with Crippen molar-refractivity contribution in [3.8, 4) is 0 Å². The number of amides is 1. The first-order valence-electron chi connectivity index (χ1n) is 8.54. The van der Waals surface area contributed by atoms with Crippen LogP contribution in [0.25, 0.3) is 0 Å². The van der Waals surface area contributed by atoms with Crippen molar-refractivity contribution in [2.75, 3.05) is 50.8 Å². The van der Waals surface area contributed by atoms with E-state index in [1.807, 2.05) is 4.90 Å². The molecule has 3 rings (SSSR count). The lowest BCUT2D eigenvalue weighted by Gasteiger charge is -2.43. The van der Waals surface area contributed by atoms with Crippen LogP contribution >= 0.6 is 0 Å². The summed E-state index contributed by atoms with van der Waals surface area (Å²) in [6, 6.07) is 8.44. The molecule has 0 aromatic heterocycles. The topological polar surface area (TPSA) is 58.8 Å².